The van der Waals surface area contributed by atoms with Gasteiger partial charge < -0.3 is 4.74 Å². The van der Waals surface area contributed by atoms with Crippen LogP contribution in [0, 0.1) is 0 Å². The van der Waals surface area contributed by atoms with E-state index >= 15 is 0 Å². The number of pyridine rings is 1. The van der Waals surface area contributed by atoms with Crippen LogP contribution in [0.3, 0.4) is 0 Å². The summed E-state index contributed by atoms with van der Waals surface area (Å²) in [5, 5.41) is 0.110. The first kappa shape index (κ1) is 15.2. The van der Waals surface area contributed by atoms with Gasteiger partial charge in [0.15, 0.2) is 0 Å². The molecule has 1 amide bonds. The Morgan fingerprint density at radius 1 is 1.55 bits per heavy atom. The minimum Gasteiger partial charge on any atom is -0.450 e. The molecule has 0 radical (unpaired) electrons. The first-order valence-corrected chi connectivity index (χ1v) is 8.85. The van der Waals surface area contributed by atoms with Gasteiger partial charge in [-0.2, -0.15) is 5.43 Å². The van der Waals surface area contributed by atoms with Gasteiger partial charge in [-0.15, -0.1) is 11.8 Å². The lowest BCUT2D eigenvalue weighted by molar-refractivity contribution is -0.647. The molecule has 1 fully saturated rings. The molecule has 1 aromatic rings. The molecule has 0 spiro atoms. The second-order valence-electron chi connectivity index (χ2n) is 4.70. The lowest BCUT2D eigenvalue weighted by Crippen LogP contribution is -2.53. The van der Waals surface area contributed by atoms with Gasteiger partial charge >= 0.3 is 5.97 Å². The molecule has 0 unspecified atom stereocenters. The van der Waals surface area contributed by atoms with Gasteiger partial charge in [-0.25, -0.2) is 4.79 Å². The van der Waals surface area contributed by atoms with Crippen LogP contribution in [0.2, 0.25) is 0 Å². The predicted molar refractivity (Wildman–Crippen MR) is 84.5 cm³/mol. The highest BCUT2D eigenvalue weighted by Crippen LogP contribution is 2.37. The Morgan fingerprint density at radius 3 is 3.00 bits per heavy atom. The lowest BCUT2D eigenvalue weighted by Gasteiger charge is -2.42. The number of hydrogen-bond acceptors (Lipinski definition) is 6. The number of aromatic nitrogens is 1. The van der Waals surface area contributed by atoms with Crippen LogP contribution in [0.4, 0.5) is 0 Å². The van der Waals surface area contributed by atoms with E-state index in [4.69, 9.17) is 4.74 Å². The molecule has 8 heteroatoms. The average molecular weight is 338 g/mol. The predicted octanol–water partition coefficient (Wildman–Crippen LogP) is 0.929. The number of nitrogens with zero attached hydrogens (tertiary/aromatic N) is 2. The van der Waals surface area contributed by atoms with Crippen LogP contribution in [0.15, 0.2) is 41.2 Å². The summed E-state index contributed by atoms with van der Waals surface area (Å²) >= 11 is 3.10. The molecule has 2 aliphatic rings. The van der Waals surface area contributed by atoms with Crippen molar-refractivity contribution in [2.45, 2.75) is 16.7 Å². The van der Waals surface area contributed by atoms with E-state index in [0.29, 0.717) is 12.1 Å². The number of esters is 1. The van der Waals surface area contributed by atoms with Crippen molar-refractivity contribution in [3.63, 3.8) is 0 Å². The molecular weight excluding hydrogens is 322 g/mol. The minimum atomic E-state index is -0.424. The smallest absolute Gasteiger partial charge is 0.355 e. The van der Waals surface area contributed by atoms with Crippen LogP contribution in [-0.4, -0.2) is 40.9 Å². The van der Waals surface area contributed by atoms with E-state index in [2.05, 4.69) is 5.43 Å². The molecule has 6 nitrogen and oxygen atoms in total. The maximum absolute atomic E-state index is 12.1. The molecule has 1 atom stereocenters. The largest absolute Gasteiger partial charge is 0.450 e. The molecule has 22 heavy (non-hydrogen) atoms. The number of carbonyl (C=O) groups excluding carboxylic acids is 2. The molecule has 3 heterocycles. The highest BCUT2D eigenvalue weighted by atomic mass is 32.2. The summed E-state index contributed by atoms with van der Waals surface area (Å²) in [5.74, 6) is 0.536. The fourth-order valence-corrected chi connectivity index (χ4v) is 3.94. The van der Waals surface area contributed by atoms with Gasteiger partial charge in [0.25, 0.3) is 0 Å². The van der Waals surface area contributed by atoms with Crippen molar-refractivity contribution < 1.29 is 19.0 Å². The van der Waals surface area contributed by atoms with E-state index in [-0.39, 0.29) is 17.2 Å². The molecular formula is C14H16N3O3S2+. The highest BCUT2D eigenvalue weighted by molar-refractivity contribution is 8.00. The number of hydrogen-bond donors (Lipinski definition) is 1. The zero-order valence-corrected chi connectivity index (χ0v) is 13.7. The van der Waals surface area contributed by atoms with Crippen LogP contribution in [0.25, 0.3) is 0 Å². The normalized spacial score (nSPS) is 19.9. The van der Waals surface area contributed by atoms with Crippen LogP contribution in [0.1, 0.15) is 6.42 Å². The van der Waals surface area contributed by atoms with Crippen molar-refractivity contribution in [2.75, 3.05) is 24.2 Å². The summed E-state index contributed by atoms with van der Waals surface area (Å²) in [6.07, 6.45) is 6.05. The number of nitrogens with one attached hydrogen (secondary N) is 1. The van der Waals surface area contributed by atoms with E-state index in [0.717, 1.165) is 10.6 Å². The Balaban J connectivity index is 1.51. The quantitative estimate of drug-likeness (QED) is 0.283. The molecule has 1 saturated heterocycles. The Morgan fingerprint density at radius 2 is 2.32 bits per heavy atom. The first-order chi connectivity index (χ1) is 10.7. The minimum absolute atomic E-state index is 0.00673. The summed E-state index contributed by atoms with van der Waals surface area (Å²) < 4.78 is 7.09. The van der Waals surface area contributed by atoms with Crippen LogP contribution in [0.5, 0.6) is 0 Å². The van der Waals surface area contributed by atoms with E-state index in [9.17, 15) is 9.59 Å². The maximum atomic E-state index is 12.1. The van der Waals surface area contributed by atoms with Crippen LogP contribution >= 0.6 is 23.5 Å². The number of β-lactam (4-membered cyclic amide) rings is 1. The SMILES string of the molecule is CN[n+]1ccc(SCOC(=O)C2=CCS[C@H]3CC(=O)N23)cc1. The van der Waals surface area contributed by atoms with E-state index in [1.165, 1.54) is 11.8 Å². The van der Waals surface area contributed by atoms with Crippen molar-refractivity contribution in [3.8, 4) is 0 Å². The van der Waals surface area contributed by atoms with Gasteiger partial charge in [0.1, 0.15) is 11.6 Å². The fraction of sp³-hybridized carbons (Fsp3) is 0.357. The third-order valence-corrected chi connectivity index (χ3v) is 5.38. The summed E-state index contributed by atoms with van der Waals surface area (Å²) in [5.41, 5.74) is 3.36. The van der Waals surface area contributed by atoms with Gasteiger partial charge in [-0.3, -0.25) is 9.69 Å². The molecule has 0 aromatic carbocycles. The van der Waals surface area contributed by atoms with Crippen LogP contribution < -0.4 is 10.1 Å². The van der Waals surface area contributed by atoms with Gasteiger partial charge in [0.05, 0.1) is 18.8 Å². The van der Waals surface area contributed by atoms with Crippen molar-refractivity contribution in [3.05, 3.63) is 36.3 Å². The van der Waals surface area contributed by atoms with E-state index in [1.54, 1.807) is 22.7 Å². The van der Waals surface area contributed by atoms with Crippen LogP contribution in [-0.2, 0) is 14.3 Å². The number of rotatable bonds is 5. The lowest BCUT2D eigenvalue weighted by atomic mass is 10.1. The van der Waals surface area contributed by atoms with E-state index < -0.39 is 5.97 Å². The molecule has 1 aromatic heterocycles. The third kappa shape index (κ3) is 3.07. The average Bonchev–Trinajstić information content (AvgIpc) is 2.54. The number of ether oxygens (including phenoxy) is 1. The second-order valence-corrected chi connectivity index (χ2v) is 6.91. The number of carbonyl (C=O) groups is 2. The van der Waals surface area contributed by atoms with E-state index in [1.807, 2.05) is 36.3 Å². The van der Waals surface area contributed by atoms with Gasteiger partial charge in [0.2, 0.25) is 18.3 Å². The Labute approximate surface area is 136 Å². The number of fused-ring (bicyclic) bond motifs is 1. The van der Waals surface area contributed by atoms with Gasteiger partial charge in [-0.1, -0.05) is 16.4 Å². The summed E-state index contributed by atoms with van der Waals surface area (Å²) in [6, 6.07) is 3.86. The molecule has 3 rings (SSSR count). The Bertz CT molecular complexity index is 618. The zero-order valence-electron chi connectivity index (χ0n) is 12.0. The topological polar surface area (TPSA) is 62.5 Å². The number of amides is 1. The summed E-state index contributed by atoms with van der Waals surface area (Å²) in [4.78, 5) is 26.2. The summed E-state index contributed by atoms with van der Waals surface area (Å²) in [6.45, 7) is 0. The Kier molecular flexibility index (Phi) is 4.58. The van der Waals surface area contributed by atoms with Gasteiger partial charge in [0, 0.05) is 22.8 Å². The maximum Gasteiger partial charge on any atom is 0.355 e. The molecule has 0 aliphatic carbocycles. The second kappa shape index (κ2) is 6.62. The molecule has 0 saturated carbocycles. The van der Waals surface area contributed by atoms with Crippen molar-refractivity contribution >= 4 is 35.4 Å². The zero-order chi connectivity index (χ0) is 15.5. The van der Waals surface area contributed by atoms with Crippen molar-refractivity contribution in [2.24, 2.45) is 0 Å². The van der Waals surface area contributed by atoms with Crippen molar-refractivity contribution in [1.82, 2.24) is 4.90 Å². The summed E-state index contributed by atoms with van der Waals surface area (Å²) in [7, 11) is 1.83. The first-order valence-electron chi connectivity index (χ1n) is 6.82. The molecule has 2 aliphatic heterocycles. The molecule has 0 bridgehead atoms. The highest BCUT2D eigenvalue weighted by Gasteiger charge is 2.43. The third-order valence-electron chi connectivity index (χ3n) is 3.41. The van der Waals surface area contributed by atoms with Gasteiger partial charge in [-0.05, 0) is 6.08 Å². The molecule has 116 valence electrons. The van der Waals surface area contributed by atoms with Crippen molar-refractivity contribution in [1.29, 1.82) is 0 Å². The standard InChI is InChI=1S/C14H16N3O3S2/c1-15-16-5-2-10(3-6-16)22-9-20-14(19)11-4-7-21-13-8-12(18)17(11)13/h2-6,13,15H,7-9H2,1H3/q+1/t13-/m0/s1. The monoisotopic (exact) mass is 338 g/mol. The fourth-order valence-electron chi connectivity index (χ4n) is 2.21. The molecule has 1 N–H and O–H groups in total. The number of thioether (sulfide) groups is 2. The Hall–Kier alpha value is -1.67.